The fraction of sp³-hybridized carbons (Fsp3) is 0.389. The number of hydrogen-bond acceptors (Lipinski definition) is 7. The van der Waals surface area contributed by atoms with Gasteiger partial charge in [0.1, 0.15) is 0 Å². The molecule has 28 heavy (non-hydrogen) atoms. The minimum absolute atomic E-state index is 0.156. The first-order chi connectivity index (χ1) is 13.4. The van der Waals surface area contributed by atoms with Crippen LogP contribution in [0, 0.1) is 0 Å². The molecule has 1 aliphatic heterocycles. The van der Waals surface area contributed by atoms with Crippen LogP contribution in [0.5, 0.6) is 0 Å². The average molecular weight is 424 g/mol. The van der Waals surface area contributed by atoms with Crippen molar-refractivity contribution in [3.05, 3.63) is 40.9 Å². The molecule has 8 nitrogen and oxygen atoms in total. The number of rotatable bonds is 6. The number of aromatic nitrogens is 1. The Balaban J connectivity index is 1.57. The summed E-state index contributed by atoms with van der Waals surface area (Å²) in [5.74, 6) is -0.683. The normalized spacial score (nSPS) is 13.7. The average Bonchev–Trinajstić information content (AvgIpc) is 3.08. The van der Waals surface area contributed by atoms with E-state index in [1.807, 2.05) is 0 Å². The quantitative estimate of drug-likeness (QED) is 0.765. The molecule has 3 rings (SSSR count). The van der Waals surface area contributed by atoms with Gasteiger partial charge in [-0.2, -0.15) is 0 Å². The Kier molecular flexibility index (Phi) is 6.30. The third kappa shape index (κ3) is 4.87. The molecule has 0 bridgehead atoms. The van der Waals surface area contributed by atoms with Crippen molar-refractivity contribution in [2.45, 2.75) is 31.2 Å². The monoisotopic (exact) mass is 423 g/mol. The zero-order chi connectivity index (χ0) is 20.1. The van der Waals surface area contributed by atoms with Crippen LogP contribution in [0.3, 0.4) is 0 Å². The van der Waals surface area contributed by atoms with Crippen LogP contribution in [-0.2, 0) is 32.3 Å². The van der Waals surface area contributed by atoms with E-state index >= 15 is 0 Å². The van der Waals surface area contributed by atoms with Gasteiger partial charge in [0.25, 0.3) is 0 Å². The summed E-state index contributed by atoms with van der Waals surface area (Å²) >= 11 is 1.29. The topological polar surface area (TPSA) is 106 Å². The number of carbonyl (C=O) groups is 2. The summed E-state index contributed by atoms with van der Waals surface area (Å²) in [5, 5.41) is 3.08. The maximum Gasteiger partial charge on any atom is 0.410 e. The standard InChI is InChI=1S/C18H21N3O5S2/c1-2-26-18(23)21-10-8-14-15(12-21)27-17(19-14)20-16(22)9-11-28(24,25)13-6-4-3-5-7-13/h3-7H,2,8-12H2,1H3,(H,19,20,22). The second kappa shape index (κ2) is 8.70. The second-order valence-electron chi connectivity index (χ2n) is 6.19. The SMILES string of the molecule is CCOC(=O)N1CCc2nc(NC(=O)CCS(=O)(=O)c3ccccc3)sc2C1. The van der Waals surface area contributed by atoms with E-state index in [-0.39, 0.29) is 23.2 Å². The number of amides is 2. The van der Waals surface area contributed by atoms with Crippen LogP contribution >= 0.6 is 11.3 Å². The Hall–Kier alpha value is -2.46. The van der Waals surface area contributed by atoms with Crippen molar-refractivity contribution < 1.29 is 22.7 Å². The van der Waals surface area contributed by atoms with Crippen LogP contribution in [0.15, 0.2) is 35.2 Å². The van der Waals surface area contributed by atoms with Crippen molar-refractivity contribution >= 4 is 38.3 Å². The minimum atomic E-state index is -3.51. The van der Waals surface area contributed by atoms with Crippen LogP contribution in [-0.4, -0.2) is 49.2 Å². The summed E-state index contributed by atoms with van der Waals surface area (Å²) in [6, 6.07) is 8.05. The number of nitrogens with zero attached hydrogens (tertiary/aromatic N) is 2. The number of nitrogens with one attached hydrogen (secondary N) is 1. The van der Waals surface area contributed by atoms with Crippen LogP contribution in [0.25, 0.3) is 0 Å². The molecule has 0 unspecified atom stereocenters. The lowest BCUT2D eigenvalue weighted by Crippen LogP contribution is -2.35. The van der Waals surface area contributed by atoms with Gasteiger partial charge in [-0.15, -0.1) is 0 Å². The van der Waals surface area contributed by atoms with Gasteiger partial charge in [-0.3, -0.25) is 4.79 Å². The first kappa shape index (κ1) is 20.3. The van der Waals surface area contributed by atoms with Crippen molar-refractivity contribution in [2.75, 3.05) is 24.2 Å². The molecular formula is C18H21N3O5S2. The molecule has 0 radical (unpaired) electrons. The molecule has 0 fully saturated rings. The van der Waals surface area contributed by atoms with Crippen molar-refractivity contribution in [1.82, 2.24) is 9.88 Å². The highest BCUT2D eigenvalue weighted by atomic mass is 32.2. The molecule has 0 aliphatic carbocycles. The van der Waals surface area contributed by atoms with Crippen molar-refractivity contribution in [1.29, 1.82) is 0 Å². The highest BCUT2D eigenvalue weighted by Crippen LogP contribution is 2.28. The molecule has 1 aromatic carbocycles. The first-order valence-electron chi connectivity index (χ1n) is 8.87. The van der Waals surface area contributed by atoms with Crippen LogP contribution in [0.2, 0.25) is 0 Å². The Labute approximate surface area is 167 Å². The highest BCUT2D eigenvalue weighted by Gasteiger charge is 2.25. The number of benzene rings is 1. The van der Waals surface area contributed by atoms with E-state index < -0.39 is 15.7 Å². The van der Waals surface area contributed by atoms with Crippen molar-refractivity contribution in [3.8, 4) is 0 Å². The molecular weight excluding hydrogens is 402 g/mol. The first-order valence-corrected chi connectivity index (χ1v) is 11.3. The predicted molar refractivity (Wildman–Crippen MR) is 105 cm³/mol. The molecule has 0 saturated heterocycles. The van der Waals surface area contributed by atoms with Gasteiger partial charge in [0.05, 0.1) is 29.5 Å². The lowest BCUT2D eigenvalue weighted by molar-refractivity contribution is -0.115. The van der Waals surface area contributed by atoms with Gasteiger partial charge >= 0.3 is 6.09 Å². The molecule has 1 N–H and O–H groups in total. The number of anilines is 1. The van der Waals surface area contributed by atoms with Crippen LogP contribution in [0.1, 0.15) is 23.9 Å². The third-order valence-electron chi connectivity index (χ3n) is 4.20. The molecule has 0 saturated carbocycles. The molecule has 2 heterocycles. The Morgan fingerprint density at radius 3 is 2.75 bits per heavy atom. The summed E-state index contributed by atoms with van der Waals surface area (Å²) < 4.78 is 29.5. The van der Waals surface area contributed by atoms with Gasteiger partial charge in [0.2, 0.25) is 5.91 Å². The smallest absolute Gasteiger partial charge is 0.410 e. The molecule has 2 aromatic rings. The lowest BCUT2D eigenvalue weighted by Gasteiger charge is -2.24. The Morgan fingerprint density at radius 2 is 2.04 bits per heavy atom. The second-order valence-corrected chi connectivity index (χ2v) is 9.38. The predicted octanol–water partition coefficient (Wildman–Crippen LogP) is 2.46. The number of carbonyl (C=O) groups excluding carboxylic acids is 2. The summed E-state index contributed by atoms with van der Waals surface area (Å²) in [6.45, 7) is 2.98. The largest absolute Gasteiger partial charge is 0.450 e. The fourth-order valence-corrected chi connectivity index (χ4v) is 5.08. The van der Waals surface area contributed by atoms with E-state index in [0.29, 0.717) is 31.2 Å². The molecule has 1 aromatic heterocycles. The molecule has 150 valence electrons. The van der Waals surface area contributed by atoms with Gasteiger partial charge in [-0.25, -0.2) is 18.2 Å². The van der Waals surface area contributed by atoms with E-state index in [4.69, 9.17) is 4.74 Å². The van der Waals surface area contributed by atoms with E-state index in [0.717, 1.165) is 10.6 Å². The number of hydrogen-bond donors (Lipinski definition) is 1. The van der Waals surface area contributed by atoms with E-state index in [1.54, 1.807) is 30.0 Å². The third-order valence-corrected chi connectivity index (χ3v) is 6.93. The molecule has 2 amide bonds. The number of thiazole rings is 1. The molecule has 0 spiro atoms. The van der Waals surface area contributed by atoms with Crippen LogP contribution < -0.4 is 5.32 Å². The Bertz CT molecular complexity index is 957. The number of sulfone groups is 1. The van der Waals surface area contributed by atoms with Gasteiger partial charge in [0.15, 0.2) is 15.0 Å². The van der Waals surface area contributed by atoms with E-state index in [9.17, 15) is 18.0 Å². The van der Waals surface area contributed by atoms with Crippen LogP contribution in [0.4, 0.5) is 9.93 Å². The summed E-state index contributed by atoms with van der Waals surface area (Å²) in [4.78, 5) is 31.1. The molecule has 1 aliphatic rings. The van der Waals surface area contributed by atoms with Crippen molar-refractivity contribution in [3.63, 3.8) is 0 Å². The van der Waals surface area contributed by atoms with E-state index in [2.05, 4.69) is 10.3 Å². The fourth-order valence-electron chi connectivity index (χ4n) is 2.77. The maximum absolute atomic E-state index is 12.3. The zero-order valence-electron chi connectivity index (χ0n) is 15.4. The van der Waals surface area contributed by atoms with Gasteiger partial charge < -0.3 is 15.0 Å². The Morgan fingerprint density at radius 1 is 1.29 bits per heavy atom. The summed E-state index contributed by atoms with van der Waals surface area (Å²) in [6.07, 6.45) is 0.0672. The minimum Gasteiger partial charge on any atom is -0.450 e. The highest BCUT2D eigenvalue weighted by molar-refractivity contribution is 7.91. The van der Waals surface area contributed by atoms with Crippen molar-refractivity contribution in [2.24, 2.45) is 0 Å². The summed E-state index contributed by atoms with van der Waals surface area (Å²) in [7, 11) is -3.51. The summed E-state index contributed by atoms with van der Waals surface area (Å²) in [5.41, 5.74) is 0.845. The number of fused-ring (bicyclic) bond motifs is 1. The molecule has 0 atom stereocenters. The zero-order valence-corrected chi connectivity index (χ0v) is 17.0. The molecule has 10 heteroatoms. The van der Waals surface area contributed by atoms with Gasteiger partial charge in [-0.05, 0) is 19.1 Å². The lowest BCUT2D eigenvalue weighted by atomic mass is 10.2. The number of ether oxygens (including phenoxy) is 1. The van der Waals surface area contributed by atoms with Gasteiger partial charge in [0, 0.05) is 24.3 Å². The van der Waals surface area contributed by atoms with E-state index in [1.165, 1.54) is 23.5 Å². The maximum atomic E-state index is 12.3. The van der Waals surface area contributed by atoms with Gasteiger partial charge in [-0.1, -0.05) is 29.5 Å².